The third kappa shape index (κ3) is 4.49. The van der Waals surface area contributed by atoms with Crippen LogP contribution in [0.3, 0.4) is 0 Å². The van der Waals surface area contributed by atoms with Gasteiger partial charge in [0.15, 0.2) is 0 Å². The summed E-state index contributed by atoms with van der Waals surface area (Å²) in [5, 5.41) is 3.56. The number of amides is 2. The van der Waals surface area contributed by atoms with Gasteiger partial charge in [0.2, 0.25) is 5.91 Å². The molecular weight excluding hydrogens is 412 g/mol. The standard InChI is InChI=1S/C24H25ClN4O2/c1-3-6-19(22-27-20-10-7-16(25)14-21(20)28-22)23(30)26-17-8-9-18(15(2)13-17)24(31)29-11-4-5-12-29/h3,7-10,13-14,19H,1,4-6,11-12H2,2H3,(H,26,30)(H,27,28). The SMILES string of the molecule is C=CCC(C(=O)Nc1ccc(C(=O)N2CCCC2)c(C)c1)c1nc2ccc(Cl)cc2[nH]1. The molecule has 2 amide bonds. The molecule has 1 saturated heterocycles. The van der Waals surface area contributed by atoms with Crippen molar-refractivity contribution in [3.63, 3.8) is 0 Å². The Labute approximate surface area is 186 Å². The minimum absolute atomic E-state index is 0.0540. The van der Waals surface area contributed by atoms with Gasteiger partial charge in [-0.25, -0.2) is 4.98 Å². The number of halogens is 1. The van der Waals surface area contributed by atoms with Gasteiger partial charge in [0.05, 0.1) is 17.0 Å². The minimum Gasteiger partial charge on any atom is -0.341 e. The maximum absolute atomic E-state index is 13.1. The number of nitrogens with one attached hydrogen (secondary N) is 2. The van der Waals surface area contributed by atoms with E-state index in [-0.39, 0.29) is 11.8 Å². The van der Waals surface area contributed by atoms with E-state index in [0.29, 0.717) is 28.5 Å². The van der Waals surface area contributed by atoms with Crippen molar-refractivity contribution in [1.82, 2.24) is 14.9 Å². The molecule has 1 fully saturated rings. The number of rotatable bonds is 6. The normalized spacial score (nSPS) is 14.6. The van der Waals surface area contributed by atoms with Crippen LogP contribution in [-0.2, 0) is 4.79 Å². The Morgan fingerprint density at radius 2 is 2.03 bits per heavy atom. The van der Waals surface area contributed by atoms with Crippen LogP contribution in [0.2, 0.25) is 5.02 Å². The number of carbonyl (C=O) groups is 2. The fourth-order valence-electron chi connectivity index (χ4n) is 3.98. The van der Waals surface area contributed by atoms with E-state index in [9.17, 15) is 9.59 Å². The number of allylic oxidation sites excluding steroid dienone is 1. The summed E-state index contributed by atoms with van der Waals surface area (Å²) in [6.07, 6.45) is 4.24. The largest absolute Gasteiger partial charge is 0.341 e. The van der Waals surface area contributed by atoms with Crippen LogP contribution in [-0.4, -0.2) is 39.8 Å². The van der Waals surface area contributed by atoms with Crippen LogP contribution in [0.5, 0.6) is 0 Å². The van der Waals surface area contributed by atoms with E-state index in [0.717, 1.165) is 42.5 Å². The average molecular weight is 437 g/mol. The Morgan fingerprint density at radius 3 is 2.74 bits per heavy atom. The molecule has 6 nitrogen and oxygen atoms in total. The lowest BCUT2D eigenvalue weighted by Crippen LogP contribution is -2.28. The maximum atomic E-state index is 13.1. The third-order valence-electron chi connectivity index (χ3n) is 5.63. The molecule has 0 spiro atoms. The van der Waals surface area contributed by atoms with Crippen molar-refractivity contribution in [3.8, 4) is 0 Å². The highest BCUT2D eigenvalue weighted by Crippen LogP contribution is 2.26. The number of hydrogen-bond donors (Lipinski definition) is 2. The van der Waals surface area contributed by atoms with Crippen LogP contribution in [0.15, 0.2) is 49.1 Å². The Kier molecular flexibility index (Phi) is 6.09. The summed E-state index contributed by atoms with van der Waals surface area (Å²) in [5.41, 5.74) is 3.70. The first kappa shape index (κ1) is 21.1. The van der Waals surface area contributed by atoms with E-state index in [1.807, 2.05) is 24.0 Å². The predicted octanol–water partition coefficient (Wildman–Crippen LogP) is 5.06. The molecular formula is C24H25ClN4O2. The first-order valence-electron chi connectivity index (χ1n) is 10.4. The Hall–Kier alpha value is -3.12. The molecule has 0 aliphatic carbocycles. The van der Waals surface area contributed by atoms with Crippen molar-refractivity contribution < 1.29 is 9.59 Å². The van der Waals surface area contributed by atoms with Crippen molar-refractivity contribution in [1.29, 1.82) is 0 Å². The van der Waals surface area contributed by atoms with Crippen LogP contribution in [0.4, 0.5) is 5.69 Å². The zero-order chi connectivity index (χ0) is 22.0. The summed E-state index contributed by atoms with van der Waals surface area (Å²) in [6, 6.07) is 10.8. The monoisotopic (exact) mass is 436 g/mol. The van der Waals surface area contributed by atoms with Gasteiger partial charge in [0, 0.05) is 29.4 Å². The summed E-state index contributed by atoms with van der Waals surface area (Å²) in [4.78, 5) is 35.4. The molecule has 31 heavy (non-hydrogen) atoms. The molecule has 0 bridgehead atoms. The molecule has 1 aromatic heterocycles. The number of anilines is 1. The van der Waals surface area contributed by atoms with Crippen molar-refractivity contribution in [2.24, 2.45) is 0 Å². The summed E-state index contributed by atoms with van der Waals surface area (Å²) in [5.74, 6) is -0.0940. The van der Waals surface area contributed by atoms with Gasteiger partial charge in [-0.05, 0) is 68.1 Å². The molecule has 7 heteroatoms. The highest BCUT2D eigenvalue weighted by atomic mass is 35.5. The lowest BCUT2D eigenvalue weighted by Gasteiger charge is -2.18. The quantitative estimate of drug-likeness (QED) is 0.530. The third-order valence-corrected chi connectivity index (χ3v) is 5.86. The lowest BCUT2D eigenvalue weighted by molar-refractivity contribution is -0.117. The molecule has 0 radical (unpaired) electrons. The van der Waals surface area contributed by atoms with Crippen LogP contribution < -0.4 is 5.32 Å². The number of aromatic amines is 1. The van der Waals surface area contributed by atoms with E-state index in [2.05, 4.69) is 21.9 Å². The Morgan fingerprint density at radius 1 is 1.26 bits per heavy atom. The molecule has 2 heterocycles. The molecule has 1 atom stereocenters. The van der Waals surface area contributed by atoms with Crippen LogP contribution in [0, 0.1) is 6.92 Å². The van der Waals surface area contributed by atoms with Gasteiger partial charge in [-0.15, -0.1) is 6.58 Å². The molecule has 1 unspecified atom stereocenters. The first-order chi connectivity index (χ1) is 15.0. The average Bonchev–Trinajstić information content (AvgIpc) is 3.41. The Bertz CT molecular complexity index is 1150. The molecule has 160 valence electrons. The number of nitrogens with zero attached hydrogens (tertiary/aromatic N) is 2. The smallest absolute Gasteiger partial charge is 0.254 e. The van der Waals surface area contributed by atoms with Crippen LogP contribution >= 0.6 is 11.6 Å². The second kappa shape index (κ2) is 8.94. The van der Waals surface area contributed by atoms with Gasteiger partial charge in [-0.2, -0.15) is 0 Å². The van der Waals surface area contributed by atoms with Crippen molar-refractivity contribution in [3.05, 3.63) is 71.0 Å². The highest BCUT2D eigenvalue weighted by molar-refractivity contribution is 6.31. The number of likely N-dealkylation sites (tertiary alicyclic amines) is 1. The van der Waals surface area contributed by atoms with E-state index < -0.39 is 5.92 Å². The zero-order valence-electron chi connectivity index (χ0n) is 17.5. The number of benzene rings is 2. The highest BCUT2D eigenvalue weighted by Gasteiger charge is 2.24. The predicted molar refractivity (Wildman–Crippen MR) is 124 cm³/mol. The number of carbonyl (C=O) groups excluding carboxylic acids is 2. The van der Waals surface area contributed by atoms with Gasteiger partial charge in [-0.1, -0.05) is 17.7 Å². The number of fused-ring (bicyclic) bond motifs is 1. The second-order valence-electron chi connectivity index (χ2n) is 7.88. The van der Waals surface area contributed by atoms with E-state index in [1.54, 1.807) is 30.3 Å². The summed E-state index contributed by atoms with van der Waals surface area (Å²) in [7, 11) is 0. The molecule has 0 saturated carbocycles. The van der Waals surface area contributed by atoms with Gasteiger partial charge in [0.1, 0.15) is 5.82 Å². The Balaban J connectivity index is 1.53. The molecule has 1 aliphatic heterocycles. The lowest BCUT2D eigenvalue weighted by atomic mass is 10.0. The molecule has 4 rings (SSSR count). The molecule has 3 aromatic rings. The van der Waals surface area contributed by atoms with Gasteiger partial charge in [0.25, 0.3) is 5.91 Å². The number of aryl methyl sites for hydroxylation is 1. The molecule has 1 aliphatic rings. The minimum atomic E-state index is -0.519. The van der Waals surface area contributed by atoms with Crippen molar-refractivity contribution in [2.75, 3.05) is 18.4 Å². The van der Waals surface area contributed by atoms with Gasteiger partial charge in [-0.3, -0.25) is 9.59 Å². The van der Waals surface area contributed by atoms with Crippen molar-refractivity contribution >= 4 is 40.1 Å². The summed E-state index contributed by atoms with van der Waals surface area (Å²) >= 11 is 6.06. The maximum Gasteiger partial charge on any atom is 0.254 e. The fraction of sp³-hybridized carbons (Fsp3) is 0.292. The summed E-state index contributed by atoms with van der Waals surface area (Å²) in [6.45, 7) is 7.29. The van der Waals surface area contributed by atoms with Gasteiger partial charge >= 0.3 is 0 Å². The van der Waals surface area contributed by atoms with E-state index in [1.165, 1.54) is 0 Å². The van der Waals surface area contributed by atoms with Gasteiger partial charge < -0.3 is 15.2 Å². The molecule has 2 N–H and O–H groups in total. The van der Waals surface area contributed by atoms with Crippen molar-refractivity contribution in [2.45, 2.75) is 32.1 Å². The first-order valence-corrected chi connectivity index (χ1v) is 10.8. The number of aromatic nitrogens is 2. The van der Waals surface area contributed by atoms with Crippen LogP contribution in [0.1, 0.15) is 46.9 Å². The number of hydrogen-bond acceptors (Lipinski definition) is 3. The zero-order valence-corrected chi connectivity index (χ0v) is 18.2. The summed E-state index contributed by atoms with van der Waals surface area (Å²) < 4.78 is 0. The topological polar surface area (TPSA) is 78.1 Å². The fourth-order valence-corrected chi connectivity index (χ4v) is 4.15. The number of imidazole rings is 1. The van der Waals surface area contributed by atoms with E-state index in [4.69, 9.17) is 11.6 Å². The van der Waals surface area contributed by atoms with E-state index >= 15 is 0 Å². The number of H-pyrrole nitrogens is 1. The van der Waals surface area contributed by atoms with Crippen LogP contribution in [0.25, 0.3) is 11.0 Å². The molecule has 2 aromatic carbocycles. The second-order valence-corrected chi connectivity index (χ2v) is 8.32.